The van der Waals surface area contributed by atoms with E-state index in [0.29, 0.717) is 18.5 Å². The molecule has 2 fully saturated rings. The Hall–Kier alpha value is -2.34. The second-order valence-corrected chi connectivity index (χ2v) is 7.68. The third-order valence-electron chi connectivity index (χ3n) is 5.84. The molecule has 0 spiro atoms. The van der Waals surface area contributed by atoms with Gasteiger partial charge in [0.1, 0.15) is 5.82 Å². The van der Waals surface area contributed by atoms with Crippen molar-refractivity contribution in [1.29, 1.82) is 0 Å². The fourth-order valence-corrected chi connectivity index (χ4v) is 4.37. The second-order valence-electron chi connectivity index (χ2n) is 7.68. The van der Waals surface area contributed by atoms with Crippen LogP contribution in [0.3, 0.4) is 0 Å². The zero-order valence-corrected chi connectivity index (χ0v) is 15.8. The summed E-state index contributed by atoms with van der Waals surface area (Å²) in [4.78, 5) is 14.7. The summed E-state index contributed by atoms with van der Waals surface area (Å²) in [5.74, 6) is 1.41. The Kier molecular flexibility index (Phi) is 5.72. The van der Waals surface area contributed by atoms with Gasteiger partial charge in [-0.2, -0.15) is 5.10 Å². The van der Waals surface area contributed by atoms with E-state index in [1.807, 2.05) is 10.7 Å². The molecule has 1 aromatic heterocycles. The molecule has 1 saturated carbocycles. The van der Waals surface area contributed by atoms with E-state index in [9.17, 15) is 4.79 Å². The van der Waals surface area contributed by atoms with Crippen molar-refractivity contribution < 1.29 is 4.79 Å². The quantitative estimate of drug-likeness (QED) is 0.820. The van der Waals surface area contributed by atoms with Crippen LogP contribution >= 0.6 is 0 Å². The number of nitrogens with one attached hydrogen (secondary N) is 2. The number of benzene rings is 1. The van der Waals surface area contributed by atoms with Gasteiger partial charge in [-0.15, -0.1) is 0 Å². The van der Waals surface area contributed by atoms with Gasteiger partial charge in [0.05, 0.1) is 12.2 Å². The SMILES string of the molecule is O=C(NCCN1CC[C@H](c2ccccc2)C1)Nc1ccnn1C1CCCC1. The van der Waals surface area contributed by atoms with Gasteiger partial charge in [-0.25, -0.2) is 9.48 Å². The average Bonchev–Trinajstić information content (AvgIpc) is 3.44. The molecule has 2 aromatic rings. The van der Waals surface area contributed by atoms with Crippen LogP contribution in [0.4, 0.5) is 10.6 Å². The lowest BCUT2D eigenvalue weighted by Gasteiger charge is -2.17. The molecule has 1 saturated heterocycles. The second kappa shape index (κ2) is 8.57. The first-order chi connectivity index (χ1) is 13.3. The molecule has 1 aromatic carbocycles. The fourth-order valence-electron chi connectivity index (χ4n) is 4.37. The maximum atomic E-state index is 12.3. The highest BCUT2D eigenvalue weighted by molar-refractivity contribution is 5.88. The normalized spacial score (nSPS) is 20.8. The molecule has 6 nitrogen and oxygen atoms in total. The number of nitrogens with zero attached hydrogens (tertiary/aromatic N) is 3. The molecule has 27 heavy (non-hydrogen) atoms. The minimum atomic E-state index is -0.145. The van der Waals surface area contributed by atoms with Gasteiger partial charge in [0.25, 0.3) is 0 Å². The van der Waals surface area contributed by atoms with Gasteiger partial charge in [0, 0.05) is 25.7 Å². The molecular weight excluding hydrogens is 338 g/mol. The van der Waals surface area contributed by atoms with Gasteiger partial charge < -0.3 is 10.2 Å². The first-order valence-electron chi connectivity index (χ1n) is 10.2. The molecule has 2 amide bonds. The third-order valence-corrected chi connectivity index (χ3v) is 5.84. The summed E-state index contributed by atoms with van der Waals surface area (Å²) in [5, 5.41) is 10.3. The van der Waals surface area contributed by atoms with Gasteiger partial charge in [-0.1, -0.05) is 43.2 Å². The van der Waals surface area contributed by atoms with Crippen molar-refractivity contribution in [3.8, 4) is 0 Å². The number of aromatic nitrogens is 2. The predicted octanol–water partition coefficient (Wildman–Crippen LogP) is 3.61. The molecule has 2 aliphatic rings. The van der Waals surface area contributed by atoms with Crippen molar-refractivity contribution in [2.75, 3.05) is 31.5 Å². The van der Waals surface area contributed by atoms with E-state index in [0.717, 1.165) is 38.3 Å². The molecule has 6 heteroatoms. The number of urea groups is 1. The van der Waals surface area contributed by atoms with E-state index in [-0.39, 0.29) is 6.03 Å². The van der Waals surface area contributed by atoms with Crippen LogP contribution in [0.25, 0.3) is 0 Å². The van der Waals surface area contributed by atoms with Gasteiger partial charge >= 0.3 is 6.03 Å². The number of hydrogen-bond donors (Lipinski definition) is 2. The molecule has 0 radical (unpaired) electrons. The predicted molar refractivity (Wildman–Crippen MR) is 107 cm³/mol. The number of anilines is 1. The zero-order chi connectivity index (χ0) is 18.5. The van der Waals surface area contributed by atoms with Crippen molar-refractivity contribution in [2.45, 2.75) is 44.1 Å². The third kappa shape index (κ3) is 4.50. The van der Waals surface area contributed by atoms with Gasteiger partial charge in [-0.3, -0.25) is 5.32 Å². The van der Waals surface area contributed by atoms with E-state index in [2.05, 4.69) is 51.0 Å². The highest BCUT2D eigenvalue weighted by Crippen LogP contribution is 2.31. The lowest BCUT2D eigenvalue weighted by atomic mass is 9.99. The van der Waals surface area contributed by atoms with Crippen LogP contribution in [0.1, 0.15) is 49.6 Å². The summed E-state index contributed by atoms with van der Waals surface area (Å²) in [5.41, 5.74) is 1.42. The summed E-state index contributed by atoms with van der Waals surface area (Å²) in [6.45, 7) is 3.71. The molecule has 0 unspecified atom stereocenters. The highest BCUT2D eigenvalue weighted by Gasteiger charge is 2.23. The fraction of sp³-hybridized carbons (Fsp3) is 0.524. The molecule has 1 aliphatic heterocycles. The minimum Gasteiger partial charge on any atom is -0.337 e. The van der Waals surface area contributed by atoms with Crippen LogP contribution in [-0.4, -0.2) is 46.9 Å². The minimum absolute atomic E-state index is 0.145. The van der Waals surface area contributed by atoms with Crippen LogP contribution in [0, 0.1) is 0 Å². The molecular formula is C21H29N5O. The van der Waals surface area contributed by atoms with Crippen molar-refractivity contribution in [3.63, 3.8) is 0 Å². The van der Waals surface area contributed by atoms with Crippen LogP contribution in [-0.2, 0) is 0 Å². The summed E-state index contributed by atoms with van der Waals surface area (Å²) >= 11 is 0. The number of amides is 2. The molecule has 2 N–H and O–H groups in total. The van der Waals surface area contributed by atoms with Crippen LogP contribution in [0.15, 0.2) is 42.6 Å². The maximum Gasteiger partial charge on any atom is 0.320 e. The van der Waals surface area contributed by atoms with Gasteiger partial charge in [-0.05, 0) is 37.3 Å². The smallest absolute Gasteiger partial charge is 0.320 e. The number of carbonyl (C=O) groups is 1. The molecule has 2 heterocycles. The molecule has 144 valence electrons. The van der Waals surface area contributed by atoms with E-state index < -0.39 is 0 Å². The van der Waals surface area contributed by atoms with Crippen LogP contribution in [0.2, 0.25) is 0 Å². The lowest BCUT2D eigenvalue weighted by Crippen LogP contribution is -2.36. The Morgan fingerprint density at radius 2 is 1.93 bits per heavy atom. The van der Waals surface area contributed by atoms with E-state index in [4.69, 9.17) is 0 Å². The standard InChI is InChI=1S/C21H29N5O/c27-21(24-20-10-12-23-26(20)19-8-4-5-9-19)22-13-15-25-14-11-18(16-25)17-6-2-1-3-7-17/h1-3,6-7,10,12,18-19H,4-5,8-9,11,13-16H2,(H2,22,24,27)/t18-/m0/s1. The Morgan fingerprint density at radius 3 is 2.74 bits per heavy atom. The van der Waals surface area contributed by atoms with E-state index in [1.54, 1.807) is 6.20 Å². The summed E-state index contributed by atoms with van der Waals surface area (Å²) in [7, 11) is 0. The van der Waals surface area contributed by atoms with Crippen molar-refractivity contribution in [2.24, 2.45) is 0 Å². The number of carbonyl (C=O) groups excluding carboxylic acids is 1. The van der Waals surface area contributed by atoms with E-state index in [1.165, 1.54) is 24.8 Å². The first kappa shape index (κ1) is 18.0. The zero-order valence-electron chi connectivity index (χ0n) is 15.8. The van der Waals surface area contributed by atoms with Crippen molar-refractivity contribution in [3.05, 3.63) is 48.2 Å². The molecule has 0 bridgehead atoms. The summed E-state index contributed by atoms with van der Waals surface area (Å²) < 4.78 is 1.97. The van der Waals surface area contributed by atoms with Gasteiger partial charge in [0.2, 0.25) is 0 Å². The van der Waals surface area contributed by atoms with Crippen LogP contribution in [0.5, 0.6) is 0 Å². The van der Waals surface area contributed by atoms with E-state index >= 15 is 0 Å². The molecule has 4 rings (SSSR count). The first-order valence-corrected chi connectivity index (χ1v) is 10.2. The van der Waals surface area contributed by atoms with Crippen LogP contribution < -0.4 is 10.6 Å². The number of hydrogen-bond acceptors (Lipinski definition) is 3. The largest absolute Gasteiger partial charge is 0.337 e. The maximum absolute atomic E-state index is 12.3. The Labute approximate surface area is 160 Å². The highest BCUT2D eigenvalue weighted by atomic mass is 16.2. The monoisotopic (exact) mass is 367 g/mol. The summed E-state index contributed by atoms with van der Waals surface area (Å²) in [6, 6.07) is 12.9. The summed E-state index contributed by atoms with van der Waals surface area (Å²) in [6.07, 6.45) is 7.75. The topological polar surface area (TPSA) is 62.2 Å². The average molecular weight is 367 g/mol. The Morgan fingerprint density at radius 1 is 1.11 bits per heavy atom. The molecule has 1 aliphatic carbocycles. The number of likely N-dealkylation sites (tertiary alicyclic amines) is 1. The van der Waals surface area contributed by atoms with Crippen molar-refractivity contribution >= 4 is 11.8 Å². The Balaban J connectivity index is 1.20. The van der Waals surface area contributed by atoms with Crippen molar-refractivity contribution in [1.82, 2.24) is 20.0 Å². The lowest BCUT2D eigenvalue weighted by molar-refractivity contribution is 0.249. The molecule has 1 atom stereocenters. The van der Waals surface area contributed by atoms with Gasteiger partial charge in [0.15, 0.2) is 0 Å². The Bertz CT molecular complexity index is 738. The number of rotatable bonds is 6.